The topological polar surface area (TPSA) is 145 Å². The van der Waals surface area contributed by atoms with Crippen LogP contribution in [0.2, 0.25) is 0 Å². The Bertz CT molecular complexity index is 1210. The summed E-state index contributed by atoms with van der Waals surface area (Å²) < 4.78 is 25.4. The maximum absolute atomic E-state index is 12.3. The first-order valence-electron chi connectivity index (χ1n) is 10.4. The normalized spacial score (nSPS) is 13.6. The molecular formula is C22H25N5O6S. The molecule has 0 aromatic heterocycles. The van der Waals surface area contributed by atoms with E-state index < -0.39 is 34.3 Å². The Labute approximate surface area is 197 Å². The lowest BCUT2D eigenvalue weighted by molar-refractivity contribution is -0.121. The summed E-state index contributed by atoms with van der Waals surface area (Å²) >= 11 is 0. The molecule has 1 aliphatic heterocycles. The number of benzene rings is 2. The van der Waals surface area contributed by atoms with E-state index in [1.54, 1.807) is 29.2 Å². The molecule has 1 aliphatic rings. The highest BCUT2D eigenvalue weighted by Gasteiger charge is 2.22. The van der Waals surface area contributed by atoms with Crippen LogP contribution in [-0.2, 0) is 19.6 Å². The van der Waals surface area contributed by atoms with E-state index >= 15 is 0 Å². The molecule has 0 saturated carbocycles. The molecule has 0 aliphatic carbocycles. The van der Waals surface area contributed by atoms with Crippen molar-refractivity contribution in [2.75, 3.05) is 32.1 Å². The zero-order chi connectivity index (χ0) is 24.9. The fraction of sp³-hybridized carbons (Fsp3) is 0.273. The number of carbonyl (C=O) groups is 4. The molecule has 1 saturated heterocycles. The van der Waals surface area contributed by atoms with E-state index in [1.165, 1.54) is 38.4 Å². The van der Waals surface area contributed by atoms with Gasteiger partial charge in [-0.05, 0) is 48.9 Å². The van der Waals surface area contributed by atoms with Crippen LogP contribution in [0.5, 0.6) is 0 Å². The number of amides is 4. The monoisotopic (exact) mass is 487 g/mol. The van der Waals surface area contributed by atoms with Crippen molar-refractivity contribution in [3.05, 3.63) is 59.7 Å². The first-order valence-corrected chi connectivity index (χ1v) is 11.8. The lowest BCUT2D eigenvalue weighted by atomic mass is 10.2. The van der Waals surface area contributed by atoms with Crippen molar-refractivity contribution in [2.24, 2.45) is 0 Å². The van der Waals surface area contributed by atoms with Gasteiger partial charge in [-0.2, -0.15) is 0 Å². The van der Waals surface area contributed by atoms with Gasteiger partial charge in [0.15, 0.2) is 0 Å². The Morgan fingerprint density at radius 2 is 1.68 bits per heavy atom. The van der Waals surface area contributed by atoms with Gasteiger partial charge in [0.25, 0.3) is 17.7 Å². The maximum atomic E-state index is 12.3. The van der Waals surface area contributed by atoms with Crippen molar-refractivity contribution < 1.29 is 27.6 Å². The highest BCUT2D eigenvalue weighted by Crippen LogP contribution is 2.21. The Morgan fingerprint density at radius 3 is 2.29 bits per heavy atom. The molecule has 180 valence electrons. The Balaban J connectivity index is 1.49. The summed E-state index contributed by atoms with van der Waals surface area (Å²) in [6, 6.07) is 11.8. The summed E-state index contributed by atoms with van der Waals surface area (Å²) in [4.78, 5) is 49.9. The van der Waals surface area contributed by atoms with E-state index in [2.05, 4.69) is 16.2 Å². The van der Waals surface area contributed by atoms with E-state index in [4.69, 9.17) is 0 Å². The van der Waals surface area contributed by atoms with E-state index in [0.29, 0.717) is 24.2 Å². The van der Waals surface area contributed by atoms with Crippen molar-refractivity contribution in [2.45, 2.75) is 17.7 Å². The number of anilines is 1. The van der Waals surface area contributed by atoms with Crippen molar-refractivity contribution in [3.63, 3.8) is 0 Å². The number of sulfonamides is 1. The van der Waals surface area contributed by atoms with E-state index in [9.17, 15) is 27.6 Å². The molecule has 4 amide bonds. The van der Waals surface area contributed by atoms with Crippen LogP contribution in [0.15, 0.2) is 53.4 Å². The fourth-order valence-electron chi connectivity index (χ4n) is 3.23. The number of rotatable bonds is 7. The third-order valence-corrected chi connectivity index (χ3v) is 6.93. The minimum Gasteiger partial charge on any atom is -0.343 e. The van der Waals surface area contributed by atoms with Crippen molar-refractivity contribution in [3.8, 4) is 0 Å². The van der Waals surface area contributed by atoms with Gasteiger partial charge >= 0.3 is 0 Å². The van der Waals surface area contributed by atoms with Gasteiger partial charge in [-0.3, -0.25) is 30.0 Å². The summed E-state index contributed by atoms with van der Waals surface area (Å²) in [5.74, 6) is -1.86. The van der Waals surface area contributed by atoms with Gasteiger partial charge in [-0.15, -0.1) is 0 Å². The van der Waals surface area contributed by atoms with Crippen LogP contribution in [0, 0.1) is 0 Å². The fourth-order valence-corrected chi connectivity index (χ4v) is 4.18. The summed E-state index contributed by atoms with van der Waals surface area (Å²) in [6.45, 7) is 0.243. The smallest absolute Gasteiger partial charge is 0.269 e. The second kappa shape index (κ2) is 10.4. The van der Waals surface area contributed by atoms with Crippen molar-refractivity contribution in [1.29, 1.82) is 0 Å². The molecule has 2 aromatic rings. The van der Waals surface area contributed by atoms with Crippen LogP contribution < -0.4 is 21.1 Å². The lowest BCUT2D eigenvalue weighted by Gasteiger charge is -2.15. The number of hydrogen-bond donors (Lipinski definition) is 3. The average molecular weight is 488 g/mol. The van der Waals surface area contributed by atoms with E-state index in [1.807, 2.05) is 0 Å². The average Bonchev–Trinajstić information content (AvgIpc) is 3.26. The van der Waals surface area contributed by atoms with Crippen LogP contribution in [0.4, 0.5) is 5.69 Å². The molecule has 0 spiro atoms. The second-order valence-electron chi connectivity index (χ2n) is 7.70. The number of hydrogen-bond acceptors (Lipinski definition) is 6. The molecule has 1 heterocycles. The molecule has 1 fully saturated rings. The Morgan fingerprint density at radius 1 is 0.971 bits per heavy atom. The molecular weight excluding hydrogens is 462 g/mol. The van der Waals surface area contributed by atoms with E-state index in [0.717, 1.165) is 10.7 Å². The molecule has 34 heavy (non-hydrogen) atoms. The lowest BCUT2D eigenvalue weighted by Crippen LogP contribution is -2.46. The number of carbonyl (C=O) groups excluding carboxylic acids is 4. The zero-order valence-corrected chi connectivity index (χ0v) is 19.5. The van der Waals surface area contributed by atoms with Gasteiger partial charge in [-0.25, -0.2) is 12.7 Å². The molecule has 0 bridgehead atoms. The van der Waals surface area contributed by atoms with Crippen LogP contribution in [-0.4, -0.2) is 63.5 Å². The van der Waals surface area contributed by atoms with Gasteiger partial charge in [0.05, 0.1) is 11.4 Å². The Hall–Kier alpha value is -3.77. The summed E-state index contributed by atoms with van der Waals surface area (Å²) in [5.41, 5.74) is 5.39. The highest BCUT2D eigenvalue weighted by molar-refractivity contribution is 7.89. The largest absolute Gasteiger partial charge is 0.343 e. The van der Waals surface area contributed by atoms with Crippen molar-refractivity contribution >= 4 is 39.3 Å². The minimum absolute atomic E-state index is 0.0313. The molecule has 2 aromatic carbocycles. The maximum Gasteiger partial charge on any atom is 0.269 e. The third-order valence-electron chi connectivity index (χ3n) is 5.11. The molecule has 12 heteroatoms. The van der Waals surface area contributed by atoms with Crippen LogP contribution in [0.3, 0.4) is 0 Å². The van der Waals surface area contributed by atoms with Gasteiger partial charge in [-0.1, -0.05) is 6.07 Å². The van der Waals surface area contributed by atoms with Gasteiger partial charge < -0.3 is 10.2 Å². The standard InChI is InChI=1S/C22H25N5O6S/c1-26(2)34(32,33)18-6-3-5-16(13-18)22(31)25-24-19(28)14-23-21(30)15-8-10-17(11-9-15)27-12-4-7-20(27)29/h3,5-6,8-11,13H,4,7,12,14H2,1-2H3,(H,23,30)(H,24,28)(H,25,31). The van der Waals surface area contributed by atoms with Crippen LogP contribution >= 0.6 is 0 Å². The van der Waals surface area contributed by atoms with Gasteiger partial charge in [0, 0.05) is 43.9 Å². The molecule has 0 atom stereocenters. The molecule has 3 N–H and O–H groups in total. The minimum atomic E-state index is -3.72. The Kier molecular flexibility index (Phi) is 7.64. The first kappa shape index (κ1) is 24.9. The number of hydrazine groups is 1. The third kappa shape index (κ3) is 5.77. The van der Waals surface area contributed by atoms with Gasteiger partial charge in [0.2, 0.25) is 15.9 Å². The van der Waals surface area contributed by atoms with Crippen LogP contribution in [0.1, 0.15) is 33.6 Å². The first-order chi connectivity index (χ1) is 16.1. The summed E-state index contributed by atoms with van der Waals surface area (Å²) in [7, 11) is -0.971. The second-order valence-corrected chi connectivity index (χ2v) is 9.85. The summed E-state index contributed by atoms with van der Waals surface area (Å²) in [5, 5.41) is 2.43. The molecule has 3 rings (SSSR count). The predicted molar refractivity (Wildman–Crippen MR) is 123 cm³/mol. The quantitative estimate of drug-likeness (QED) is 0.478. The van der Waals surface area contributed by atoms with E-state index in [-0.39, 0.29) is 16.4 Å². The van der Waals surface area contributed by atoms with Crippen LogP contribution in [0.25, 0.3) is 0 Å². The molecule has 11 nitrogen and oxygen atoms in total. The highest BCUT2D eigenvalue weighted by atomic mass is 32.2. The predicted octanol–water partition coefficient (Wildman–Crippen LogP) is 0.255. The zero-order valence-electron chi connectivity index (χ0n) is 18.7. The number of nitrogens with zero attached hydrogens (tertiary/aromatic N) is 2. The SMILES string of the molecule is CN(C)S(=O)(=O)c1cccc(C(=O)NNC(=O)CNC(=O)c2ccc(N3CCCC3=O)cc2)c1. The molecule has 0 radical (unpaired) electrons. The van der Waals surface area contributed by atoms with Crippen molar-refractivity contribution in [1.82, 2.24) is 20.5 Å². The van der Waals surface area contributed by atoms with Gasteiger partial charge in [0.1, 0.15) is 0 Å². The summed E-state index contributed by atoms with van der Waals surface area (Å²) in [6.07, 6.45) is 1.31. The molecule has 0 unspecified atom stereocenters. The number of nitrogens with one attached hydrogen (secondary N) is 3.